The molecule has 0 aliphatic carbocycles. The molecule has 0 aliphatic heterocycles. The molecule has 0 aromatic carbocycles. The lowest BCUT2D eigenvalue weighted by Gasteiger charge is -2.17. The third-order valence-electron chi connectivity index (χ3n) is 1.24. The van der Waals surface area contributed by atoms with Gasteiger partial charge in [-0.1, -0.05) is 0 Å². The van der Waals surface area contributed by atoms with Gasteiger partial charge in [0.2, 0.25) is 0 Å². The van der Waals surface area contributed by atoms with E-state index in [-0.39, 0.29) is 0 Å². The van der Waals surface area contributed by atoms with Crippen molar-refractivity contribution >= 4 is 0 Å². The molecule has 0 heterocycles. The molecule has 10 heavy (non-hydrogen) atoms. The van der Waals surface area contributed by atoms with Gasteiger partial charge in [-0.05, 0) is 0 Å². The zero-order valence-corrected chi connectivity index (χ0v) is 6.08. The normalized spacial score (nSPS) is 10.8. The highest BCUT2D eigenvalue weighted by Gasteiger charge is 1.97. The second-order valence-corrected chi connectivity index (χ2v) is 2.00. The topological polar surface area (TPSA) is 87.5 Å². The molecule has 0 rings (SSSR count). The first-order chi connectivity index (χ1) is 4.85. The van der Waals surface area contributed by atoms with Crippen molar-refractivity contribution in [2.75, 3.05) is 32.8 Å². The number of hydroxylamine groups is 1. The Hall–Kier alpha value is -0.200. The Morgan fingerprint density at radius 1 is 1.30 bits per heavy atom. The van der Waals surface area contributed by atoms with Crippen molar-refractivity contribution in [1.82, 2.24) is 10.4 Å². The molecule has 0 aromatic heterocycles. The zero-order chi connectivity index (χ0) is 7.82. The third-order valence-corrected chi connectivity index (χ3v) is 1.24. The summed E-state index contributed by atoms with van der Waals surface area (Å²) in [7, 11) is 0. The van der Waals surface area contributed by atoms with Crippen LogP contribution in [0.5, 0.6) is 0 Å². The van der Waals surface area contributed by atoms with Crippen LogP contribution < -0.4 is 16.9 Å². The molecule has 0 bridgehead atoms. The van der Waals surface area contributed by atoms with Gasteiger partial charge in [0.1, 0.15) is 0 Å². The monoisotopic (exact) mass is 148 g/mol. The number of hydrogen-bond acceptors (Lipinski definition) is 5. The van der Waals surface area contributed by atoms with Crippen molar-refractivity contribution in [1.29, 1.82) is 0 Å². The van der Waals surface area contributed by atoms with Crippen LogP contribution in [0.25, 0.3) is 0 Å². The van der Waals surface area contributed by atoms with Gasteiger partial charge in [-0.25, -0.2) is 5.48 Å². The van der Waals surface area contributed by atoms with E-state index in [1.54, 1.807) is 0 Å². The van der Waals surface area contributed by atoms with E-state index in [4.69, 9.17) is 16.7 Å². The van der Waals surface area contributed by atoms with E-state index in [0.29, 0.717) is 19.8 Å². The number of nitrogens with one attached hydrogen (secondary N) is 1. The lowest BCUT2D eigenvalue weighted by molar-refractivity contribution is 0.148. The summed E-state index contributed by atoms with van der Waals surface area (Å²) in [4.78, 5) is 1.95. The maximum atomic E-state index is 8.23. The second kappa shape index (κ2) is 6.91. The van der Waals surface area contributed by atoms with Gasteiger partial charge in [-0.2, -0.15) is 0 Å². The molecule has 0 saturated heterocycles. The third kappa shape index (κ3) is 4.66. The maximum absolute atomic E-state index is 8.23. The smallest absolute Gasteiger partial charge is 0.0456 e. The fourth-order valence-electron chi connectivity index (χ4n) is 0.685. The van der Waals surface area contributed by atoms with E-state index < -0.39 is 0 Å². The molecule has 0 radical (unpaired) electrons. The molecule has 0 aliphatic rings. The highest BCUT2D eigenvalue weighted by atomic mass is 16.5. The summed E-state index contributed by atoms with van der Waals surface area (Å²) in [6.07, 6.45) is 0. The molecule has 0 unspecified atom stereocenters. The van der Waals surface area contributed by atoms with Gasteiger partial charge in [-0.15, -0.1) is 0 Å². The molecule has 0 spiro atoms. The van der Waals surface area contributed by atoms with Gasteiger partial charge in [-0.3, -0.25) is 4.90 Å². The first-order valence-corrected chi connectivity index (χ1v) is 3.34. The summed E-state index contributed by atoms with van der Waals surface area (Å²) in [6, 6.07) is 0. The number of hydrogen-bond donors (Lipinski definition) is 4. The van der Waals surface area contributed by atoms with Crippen molar-refractivity contribution in [3.05, 3.63) is 0 Å². The molecule has 5 nitrogen and oxygen atoms in total. The average Bonchev–Trinajstić information content (AvgIpc) is 1.98. The summed E-state index contributed by atoms with van der Waals surface area (Å²) in [5.74, 6) is 0. The predicted octanol–water partition coefficient (Wildman–Crippen LogP) is -1.86. The molecule has 62 valence electrons. The van der Waals surface area contributed by atoms with Crippen LogP contribution in [0.2, 0.25) is 0 Å². The molecule has 0 amide bonds. The number of nitrogens with two attached hydrogens (primary N) is 2. The lowest BCUT2D eigenvalue weighted by atomic mass is 10.5. The molecular weight excluding hydrogens is 132 g/mol. The van der Waals surface area contributed by atoms with Crippen LogP contribution >= 0.6 is 0 Å². The molecule has 0 saturated carbocycles. The number of rotatable bonds is 6. The summed E-state index contributed by atoms with van der Waals surface area (Å²) >= 11 is 0. The molecular formula is C5H16N4O. The van der Waals surface area contributed by atoms with Crippen molar-refractivity contribution in [2.24, 2.45) is 11.5 Å². The Kier molecular flexibility index (Phi) is 6.78. The van der Waals surface area contributed by atoms with Crippen LogP contribution in [-0.4, -0.2) is 43.0 Å². The Morgan fingerprint density at radius 2 is 2.00 bits per heavy atom. The summed E-state index contributed by atoms with van der Waals surface area (Å²) < 4.78 is 0. The largest absolute Gasteiger partial charge is 0.329 e. The van der Waals surface area contributed by atoms with Crippen LogP contribution in [0.4, 0.5) is 0 Å². The van der Waals surface area contributed by atoms with E-state index in [1.807, 2.05) is 4.90 Å². The average molecular weight is 148 g/mol. The fraction of sp³-hybridized carbons (Fsp3) is 1.00. The van der Waals surface area contributed by atoms with Crippen molar-refractivity contribution < 1.29 is 5.21 Å². The van der Waals surface area contributed by atoms with Gasteiger partial charge < -0.3 is 16.7 Å². The fourth-order valence-corrected chi connectivity index (χ4v) is 0.685. The van der Waals surface area contributed by atoms with E-state index >= 15 is 0 Å². The predicted molar refractivity (Wildman–Crippen MR) is 39.5 cm³/mol. The SMILES string of the molecule is NCCN(CN)CCNO. The lowest BCUT2D eigenvalue weighted by Crippen LogP contribution is -2.38. The highest BCUT2D eigenvalue weighted by Crippen LogP contribution is 1.79. The van der Waals surface area contributed by atoms with Crippen LogP contribution in [0.1, 0.15) is 0 Å². The van der Waals surface area contributed by atoms with Gasteiger partial charge in [0.15, 0.2) is 0 Å². The highest BCUT2D eigenvalue weighted by molar-refractivity contribution is 4.54. The standard InChI is InChI=1S/C5H16N4O/c6-1-3-9(5-7)4-2-8-10/h8,10H,1-7H2. The van der Waals surface area contributed by atoms with Crippen LogP contribution in [0, 0.1) is 0 Å². The van der Waals surface area contributed by atoms with Crippen molar-refractivity contribution in [3.8, 4) is 0 Å². The zero-order valence-electron chi connectivity index (χ0n) is 6.08. The van der Waals surface area contributed by atoms with Crippen LogP contribution in [0.3, 0.4) is 0 Å². The minimum absolute atomic E-state index is 0.485. The number of nitrogens with zero attached hydrogens (tertiary/aromatic N) is 1. The molecule has 0 atom stereocenters. The van der Waals surface area contributed by atoms with Gasteiger partial charge in [0.25, 0.3) is 0 Å². The van der Waals surface area contributed by atoms with E-state index in [9.17, 15) is 0 Å². The first-order valence-electron chi connectivity index (χ1n) is 3.34. The van der Waals surface area contributed by atoms with Crippen LogP contribution in [0.15, 0.2) is 0 Å². The van der Waals surface area contributed by atoms with Crippen molar-refractivity contribution in [3.63, 3.8) is 0 Å². The molecule has 5 heteroatoms. The maximum Gasteiger partial charge on any atom is 0.0456 e. The Morgan fingerprint density at radius 3 is 2.40 bits per heavy atom. The minimum Gasteiger partial charge on any atom is -0.329 e. The molecule has 6 N–H and O–H groups in total. The van der Waals surface area contributed by atoms with E-state index in [0.717, 1.165) is 13.1 Å². The second-order valence-electron chi connectivity index (χ2n) is 2.00. The quantitative estimate of drug-likeness (QED) is 0.262. The van der Waals surface area contributed by atoms with Gasteiger partial charge in [0, 0.05) is 32.8 Å². The minimum atomic E-state index is 0.485. The van der Waals surface area contributed by atoms with Gasteiger partial charge >= 0.3 is 0 Å². The Bertz CT molecular complexity index is 70.7. The Balaban J connectivity index is 3.21. The van der Waals surface area contributed by atoms with Crippen molar-refractivity contribution in [2.45, 2.75) is 0 Å². The summed E-state index contributed by atoms with van der Waals surface area (Å²) in [5, 5.41) is 8.23. The van der Waals surface area contributed by atoms with E-state index in [1.165, 1.54) is 0 Å². The first kappa shape index (κ1) is 9.80. The van der Waals surface area contributed by atoms with Crippen LogP contribution in [-0.2, 0) is 0 Å². The summed E-state index contributed by atoms with van der Waals surface area (Å²) in [5.41, 5.74) is 12.7. The van der Waals surface area contributed by atoms with E-state index in [2.05, 4.69) is 5.48 Å². The van der Waals surface area contributed by atoms with Gasteiger partial charge in [0.05, 0.1) is 0 Å². The summed E-state index contributed by atoms with van der Waals surface area (Å²) in [6.45, 7) is 3.11. The molecule has 0 fully saturated rings. The Labute approximate surface area is 60.9 Å². The molecule has 0 aromatic rings.